The van der Waals surface area contributed by atoms with Crippen LogP contribution in [0.4, 0.5) is 0 Å². The molecule has 27 heavy (non-hydrogen) atoms. The fraction of sp³-hybridized carbons (Fsp3) is 0.381. The van der Waals surface area contributed by atoms with Crippen LogP contribution in [0.25, 0.3) is 0 Å². The molecule has 5 nitrogen and oxygen atoms in total. The number of aryl methyl sites for hydroxylation is 2. The number of hydrogen-bond donors (Lipinski definition) is 1. The molecule has 0 radical (unpaired) electrons. The van der Waals surface area contributed by atoms with Gasteiger partial charge in [0.05, 0.1) is 12.3 Å². The van der Waals surface area contributed by atoms with Crippen molar-refractivity contribution in [1.29, 1.82) is 0 Å². The van der Waals surface area contributed by atoms with Crippen LogP contribution < -0.4 is 5.32 Å². The minimum Gasteiger partial charge on any atom is -0.348 e. The molecule has 0 unspecified atom stereocenters. The molecule has 0 aromatic heterocycles. The average Bonchev–Trinajstić information content (AvgIpc) is 2.62. The van der Waals surface area contributed by atoms with E-state index in [1.165, 1.54) is 12.6 Å². The lowest BCUT2D eigenvalue weighted by atomic mass is 9.98. The van der Waals surface area contributed by atoms with Crippen LogP contribution >= 0.6 is 0 Å². The highest BCUT2D eigenvalue weighted by molar-refractivity contribution is 7.88. The molecule has 0 bridgehead atoms. The number of nitrogens with zero attached hydrogens (tertiary/aromatic N) is 1. The zero-order valence-electron chi connectivity index (χ0n) is 16.6. The van der Waals surface area contributed by atoms with Crippen molar-refractivity contribution in [3.63, 3.8) is 0 Å². The molecule has 2 aromatic carbocycles. The van der Waals surface area contributed by atoms with E-state index in [2.05, 4.69) is 11.4 Å². The lowest BCUT2D eigenvalue weighted by molar-refractivity contribution is -0.125. The number of benzene rings is 2. The summed E-state index contributed by atoms with van der Waals surface area (Å²) in [7, 11) is -2.11. The SMILES string of the molecule is CC[C@@H](NC(=O)[C@H](c1ccccc1)N(C)S(C)(=O)=O)c1ccc(C)c(C)c1. The normalized spacial score (nSPS) is 14.0. The van der Waals surface area contributed by atoms with Gasteiger partial charge in [-0.05, 0) is 42.5 Å². The third kappa shape index (κ3) is 5.17. The van der Waals surface area contributed by atoms with Gasteiger partial charge in [-0.2, -0.15) is 4.31 Å². The Hall–Kier alpha value is -2.18. The Bertz CT molecular complexity index is 895. The van der Waals surface area contributed by atoms with Crippen molar-refractivity contribution in [3.8, 4) is 0 Å². The molecule has 2 rings (SSSR count). The maximum Gasteiger partial charge on any atom is 0.243 e. The summed E-state index contributed by atoms with van der Waals surface area (Å²) in [5, 5.41) is 3.04. The summed E-state index contributed by atoms with van der Waals surface area (Å²) in [6.45, 7) is 6.08. The van der Waals surface area contributed by atoms with Gasteiger partial charge in [-0.1, -0.05) is 55.5 Å². The van der Waals surface area contributed by atoms with Gasteiger partial charge in [0.2, 0.25) is 15.9 Å². The average molecular weight is 389 g/mol. The molecule has 0 aliphatic rings. The summed E-state index contributed by atoms with van der Waals surface area (Å²) in [5.41, 5.74) is 4.01. The van der Waals surface area contributed by atoms with E-state index >= 15 is 0 Å². The third-order valence-corrected chi connectivity index (χ3v) is 6.17. The molecular weight excluding hydrogens is 360 g/mol. The second-order valence-corrected chi connectivity index (χ2v) is 8.95. The smallest absolute Gasteiger partial charge is 0.243 e. The molecule has 1 amide bonds. The van der Waals surface area contributed by atoms with E-state index in [0.29, 0.717) is 12.0 Å². The second kappa shape index (κ2) is 8.67. The Balaban J connectivity index is 2.35. The zero-order valence-corrected chi connectivity index (χ0v) is 17.4. The highest BCUT2D eigenvalue weighted by Crippen LogP contribution is 2.25. The molecule has 146 valence electrons. The fourth-order valence-electron chi connectivity index (χ4n) is 3.01. The summed E-state index contributed by atoms with van der Waals surface area (Å²) < 4.78 is 25.3. The van der Waals surface area contributed by atoms with Crippen LogP contribution in [0.15, 0.2) is 48.5 Å². The van der Waals surface area contributed by atoms with Crippen LogP contribution in [0.2, 0.25) is 0 Å². The first kappa shape index (κ1) is 21.1. The molecule has 0 aliphatic heterocycles. The van der Waals surface area contributed by atoms with Gasteiger partial charge in [0.15, 0.2) is 0 Å². The summed E-state index contributed by atoms with van der Waals surface area (Å²) in [5.74, 6) is -0.334. The maximum atomic E-state index is 13.1. The van der Waals surface area contributed by atoms with E-state index < -0.39 is 16.1 Å². The van der Waals surface area contributed by atoms with Gasteiger partial charge in [-0.15, -0.1) is 0 Å². The molecule has 2 aromatic rings. The lowest BCUT2D eigenvalue weighted by Crippen LogP contribution is -2.42. The number of hydrogen-bond acceptors (Lipinski definition) is 3. The van der Waals surface area contributed by atoms with Gasteiger partial charge in [0.1, 0.15) is 6.04 Å². The maximum absolute atomic E-state index is 13.1. The zero-order chi connectivity index (χ0) is 20.2. The van der Waals surface area contributed by atoms with Crippen molar-refractivity contribution in [2.24, 2.45) is 0 Å². The van der Waals surface area contributed by atoms with Crippen molar-refractivity contribution in [2.45, 2.75) is 39.3 Å². The van der Waals surface area contributed by atoms with Crippen molar-refractivity contribution in [1.82, 2.24) is 9.62 Å². The minimum absolute atomic E-state index is 0.184. The number of carbonyl (C=O) groups excluding carboxylic acids is 1. The number of likely N-dealkylation sites (N-methyl/N-ethyl adjacent to an activating group) is 1. The van der Waals surface area contributed by atoms with Gasteiger partial charge in [0.25, 0.3) is 0 Å². The predicted octanol–water partition coefficient (Wildman–Crippen LogP) is 3.50. The van der Waals surface area contributed by atoms with Crippen LogP contribution in [0, 0.1) is 13.8 Å². The number of amides is 1. The van der Waals surface area contributed by atoms with Gasteiger partial charge < -0.3 is 5.32 Å². The standard InChI is InChI=1S/C21H28N2O3S/c1-6-19(18-13-12-15(2)16(3)14-18)22-21(24)20(23(4)27(5,25)26)17-10-8-7-9-11-17/h7-14,19-20H,6H2,1-5H3,(H,22,24)/t19-,20+/m1/s1. The Labute approximate surface area is 162 Å². The van der Waals surface area contributed by atoms with E-state index in [9.17, 15) is 13.2 Å². The van der Waals surface area contributed by atoms with Crippen molar-refractivity contribution in [3.05, 3.63) is 70.8 Å². The van der Waals surface area contributed by atoms with E-state index in [-0.39, 0.29) is 11.9 Å². The van der Waals surface area contributed by atoms with Crippen molar-refractivity contribution >= 4 is 15.9 Å². The Kier molecular flexibility index (Phi) is 6.78. The molecule has 0 saturated carbocycles. The first-order valence-electron chi connectivity index (χ1n) is 9.00. The van der Waals surface area contributed by atoms with Crippen LogP contribution in [0.1, 0.15) is 47.7 Å². The largest absolute Gasteiger partial charge is 0.348 e. The summed E-state index contributed by atoms with van der Waals surface area (Å²) in [6.07, 6.45) is 1.81. The molecule has 2 atom stereocenters. The summed E-state index contributed by atoms with van der Waals surface area (Å²) in [6, 6.07) is 14.0. The van der Waals surface area contributed by atoms with Crippen molar-refractivity contribution in [2.75, 3.05) is 13.3 Å². The van der Waals surface area contributed by atoms with Crippen LogP contribution in [0.3, 0.4) is 0 Å². The summed E-state index contributed by atoms with van der Waals surface area (Å²) in [4.78, 5) is 13.1. The van der Waals surface area contributed by atoms with Gasteiger partial charge in [0, 0.05) is 7.05 Å². The van der Waals surface area contributed by atoms with E-state index in [0.717, 1.165) is 21.7 Å². The molecule has 0 spiro atoms. The number of nitrogens with one attached hydrogen (secondary N) is 1. The Morgan fingerprint density at radius 1 is 1.04 bits per heavy atom. The van der Waals surface area contributed by atoms with E-state index in [4.69, 9.17) is 0 Å². The summed E-state index contributed by atoms with van der Waals surface area (Å²) >= 11 is 0. The first-order chi connectivity index (χ1) is 12.6. The van der Waals surface area contributed by atoms with E-state index in [1.807, 2.05) is 39.0 Å². The Morgan fingerprint density at radius 3 is 2.19 bits per heavy atom. The predicted molar refractivity (Wildman–Crippen MR) is 109 cm³/mol. The van der Waals surface area contributed by atoms with Crippen LogP contribution in [-0.4, -0.2) is 31.9 Å². The number of carbonyl (C=O) groups is 1. The quantitative estimate of drug-likeness (QED) is 0.789. The number of sulfonamides is 1. The van der Waals surface area contributed by atoms with Crippen LogP contribution in [0.5, 0.6) is 0 Å². The van der Waals surface area contributed by atoms with Gasteiger partial charge in [-0.25, -0.2) is 8.42 Å². The highest BCUT2D eigenvalue weighted by Gasteiger charge is 2.31. The molecule has 0 saturated heterocycles. The number of rotatable bonds is 7. The third-order valence-electron chi connectivity index (χ3n) is 4.91. The molecule has 0 heterocycles. The molecule has 0 aliphatic carbocycles. The molecular formula is C21H28N2O3S. The van der Waals surface area contributed by atoms with Crippen molar-refractivity contribution < 1.29 is 13.2 Å². The molecule has 6 heteroatoms. The van der Waals surface area contributed by atoms with Gasteiger partial charge in [-0.3, -0.25) is 4.79 Å². The minimum atomic E-state index is -3.54. The highest BCUT2D eigenvalue weighted by atomic mass is 32.2. The Morgan fingerprint density at radius 2 is 1.67 bits per heavy atom. The van der Waals surface area contributed by atoms with Crippen LogP contribution in [-0.2, 0) is 14.8 Å². The molecule has 1 N–H and O–H groups in total. The van der Waals surface area contributed by atoms with E-state index in [1.54, 1.807) is 24.3 Å². The monoisotopic (exact) mass is 388 g/mol. The topological polar surface area (TPSA) is 66.5 Å². The first-order valence-corrected chi connectivity index (χ1v) is 10.9. The van der Waals surface area contributed by atoms with Gasteiger partial charge >= 0.3 is 0 Å². The second-order valence-electron chi connectivity index (χ2n) is 6.91. The lowest BCUT2D eigenvalue weighted by Gasteiger charge is -2.28. The molecule has 0 fully saturated rings. The fourth-order valence-corrected chi connectivity index (χ4v) is 3.61.